The molecule has 0 aliphatic heterocycles. The zero-order chi connectivity index (χ0) is 13.8. The molecule has 0 aliphatic rings. The summed E-state index contributed by atoms with van der Waals surface area (Å²) < 4.78 is 4.87. The van der Waals surface area contributed by atoms with Crippen LogP contribution < -0.4 is 0 Å². The van der Waals surface area contributed by atoms with E-state index in [0.29, 0.717) is 24.1 Å². The Kier molecular flexibility index (Phi) is 4.90. The Bertz CT molecular complexity index is 432. The molecule has 0 saturated heterocycles. The smallest absolute Gasteiger partial charge is 0.345 e. The van der Waals surface area contributed by atoms with Gasteiger partial charge in [0.1, 0.15) is 4.88 Å². The van der Waals surface area contributed by atoms with Gasteiger partial charge in [-0.15, -0.1) is 11.3 Å². The molecule has 1 rings (SSSR count). The molecule has 5 heteroatoms. The van der Waals surface area contributed by atoms with Crippen LogP contribution >= 0.6 is 11.3 Å². The molecule has 0 unspecified atom stereocenters. The first-order valence-electron chi connectivity index (χ1n) is 5.89. The highest BCUT2D eigenvalue weighted by Gasteiger charge is 2.36. The van der Waals surface area contributed by atoms with Crippen molar-refractivity contribution in [1.82, 2.24) is 0 Å². The molecule has 0 radical (unpaired) electrons. The first-order chi connectivity index (χ1) is 8.49. The van der Waals surface area contributed by atoms with Gasteiger partial charge in [0, 0.05) is 4.88 Å². The van der Waals surface area contributed by atoms with Crippen LogP contribution in [-0.4, -0.2) is 24.2 Å². The van der Waals surface area contributed by atoms with E-state index in [4.69, 9.17) is 9.84 Å². The molecule has 4 nitrogen and oxygen atoms in total. The predicted molar refractivity (Wildman–Crippen MR) is 70.0 cm³/mol. The Morgan fingerprint density at radius 3 is 2.33 bits per heavy atom. The zero-order valence-corrected chi connectivity index (χ0v) is 11.7. The Morgan fingerprint density at radius 2 is 1.94 bits per heavy atom. The van der Waals surface area contributed by atoms with Crippen molar-refractivity contribution in [2.75, 3.05) is 7.11 Å². The van der Waals surface area contributed by atoms with Crippen molar-refractivity contribution < 1.29 is 19.4 Å². The van der Waals surface area contributed by atoms with Gasteiger partial charge in [-0.1, -0.05) is 13.8 Å². The molecule has 0 aromatic carbocycles. The van der Waals surface area contributed by atoms with Gasteiger partial charge in [-0.2, -0.15) is 0 Å². The topological polar surface area (TPSA) is 63.6 Å². The third kappa shape index (κ3) is 2.90. The summed E-state index contributed by atoms with van der Waals surface area (Å²) in [5, 5.41) is 8.89. The van der Waals surface area contributed by atoms with Gasteiger partial charge in [0.15, 0.2) is 0 Å². The summed E-state index contributed by atoms with van der Waals surface area (Å²) in [7, 11) is 1.39. The van der Waals surface area contributed by atoms with Gasteiger partial charge in [-0.25, -0.2) is 4.79 Å². The van der Waals surface area contributed by atoms with Crippen LogP contribution in [0, 0.1) is 5.41 Å². The van der Waals surface area contributed by atoms with E-state index in [-0.39, 0.29) is 5.97 Å². The number of carboxylic acid groups (broad SMARTS) is 1. The lowest BCUT2D eigenvalue weighted by Gasteiger charge is -2.27. The SMILES string of the molecule is CCC(CC)(Cc1ccc(C(=O)O)s1)C(=O)OC. The van der Waals surface area contributed by atoms with Crippen LogP contribution in [0.1, 0.15) is 41.2 Å². The maximum absolute atomic E-state index is 11.9. The zero-order valence-electron chi connectivity index (χ0n) is 10.9. The number of carbonyl (C=O) groups excluding carboxylic acids is 1. The van der Waals surface area contributed by atoms with Gasteiger partial charge in [0.05, 0.1) is 12.5 Å². The second kappa shape index (κ2) is 6.00. The maximum atomic E-state index is 11.9. The van der Waals surface area contributed by atoms with E-state index in [1.54, 1.807) is 12.1 Å². The van der Waals surface area contributed by atoms with Crippen LogP contribution in [0.3, 0.4) is 0 Å². The van der Waals surface area contributed by atoms with Gasteiger partial charge < -0.3 is 9.84 Å². The maximum Gasteiger partial charge on any atom is 0.345 e. The lowest BCUT2D eigenvalue weighted by atomic mass is 9.79. The van der Waals surface area contributed by atoms with Crippen molar-refractivity contribution in [3.8, 4) is 0 Å². The molecule has 0 fully saturated rings. The third-order valence-electron chi connectivity index (χ3n) is 3.36. The molecule has 1 heterocycles. The summed E-state index contributed by atoms with van der Waals surface area (Å²) in [6, 6.07) is 3.35. The predicted octanol–water partition coefficient (Wildman–Crippen LogP) is 2.97. The minimum absolute atomic E-state index is 0.224. The summed E-state index contributed by atoms with van der Waals surface area (Å²) in [4.78, 5) is 23.9. The Balaban J connectivity index is 2.95. The number of carbonyl (C=O) groups is 2. The van der Waals surface area contributed by atoms with E-state index < -0.39 is 11.4 Å². The fourth-order valence-electron chi connectivity index (χ4n) is 2.00. The second-order valence-corrected chi connectivity index (χ2v) is 5.40. The van der Waals surface area contributed by atoms with Gasteiger partial charge in [0.2, 0.25) is 0 Å². The highest BCUT2D eigenvalue weighted by Crippen LogP contribution is 2.34. The van der Waals surface area contributed by atoms with E-state index in [1.807, 2.05) is 13.8 Å². The summed E-state index contributed by atoms with van der Waals surface area (Å²) in [6.07, 6.45) is 1.89. The lowest BCUT2D eigenvalue weighted by molar-refractivity contribution is -0.153. The molecular weight excluding hydrogens is 252 g/mol. The molecule has 0 bridgehead atoms. The normalized spacial score (nSPS) is 11.3. The number of rotatable bonds is 6. The van der Waals surface area contributed by atoms with Crippen LogP contribution in [0.4, 0.5) is 0 Å². The molecule has 1 N–H and O–H groups in total. The van der Waals surface area contributed by atoms with Gasteiger partial charge in [-0.3, -0.25) is 4.79 Å². The van der Waals surface area contributed by atoms with Crippen LogP contribution in [0.2, 0.25) is 0 Å². The van der Waals surface area contributed by atoms with Crippen LogP contribution in [0.25, 0.3) is 0 Å². The van der Waals surface area contributed by atoms with E-state index >= 15 is 0 Å². The average Bonchev–Trinajstić information content (AvgIpc) is 2.83. The number of thiophene rings is 1. The van der Waals surface area contributed by atoms with E-state index in [0.717, 1.165) is 4.88 Å². The molecule has 100 valence electrons. The fraction of sp³-hybridized carbons (Fsp3) is 0.538. The minimum atomic E-state index is -0.928. The summed E-state index contributed by atoms with van der Waals surface area (Å²) >= 11 is 1.22. The summed E-state index contributed by atoms with van der Waals surface area (Å²) in [6.45, 7) is 3.90. The molecule has 0 atom stereocenters. The van der Waals surface area contributed by atoms with Gasteiger partial charge in [-0.05, 0) is 31.4 Å². The quantitative estimate of drug-likeness (QED) is 0.807. The molecule has 0 saturated carbocycles. The number of hydrogen-bond donors (Lipinski definition) is 1. The van der Waals surface area contributed by atoms with E-state index in [9.17, 15) is 9.59 Å². The van der Waals surface area contributed by atoms with Crippen molar-refractivity contribution in [3.63, 3.8) is 0 Å². The van der Waals surface area contributed by atoms with Crippen molar-refractivity contribution in [3.05, 3.63) is 21.9 Å². The van der Waals surface area contributed by atoms with Crippen molar-refractivity contribution in [2.24, 2.45) is 5.41 Å². The number of ether oxygens (including phenoxy) is 1. The van der Waals surface area contributed by atoms with Gasteiger partial charge in [0.25, 0.3) is 0 Å². The average molecular weight is 270 g/mol. The first kappa shape index (κ1) is 14.7. The lowest BCUT2D eigenvalue weighted by Crippen LogP contribution is -2.33. The molecule has 1 aromatic rings. The van der Waals surface area contributed by atoms with Crippen molar-refractivity contribution in [1.29, 1.82) is 0 Å². The molecule has 0 aliphatic carbocycles. The number of aromatic carboxylic acids is 1. The monoisotopic (exact) mass is 270 g/mol. The number of hydrogen-bond acceptors (Lipinski definition) is 4. The summed E-state index contributed by atoms with van der Waals surface area (Å²) in [5.41, 5.74) is -0.546. The molecular formula is C13H18O4S. The summed E-state index contributed by atoms with van der Waals surface area (Å²) in [5.74, 6) is -1.15. The highest BCUT2D eigenvalue weighted by atomic mass is 32.1. The standard InChI is InChI=1S/C13H18O4S/c1-4-13(5-2,12(16)17-3)8-9-6-7-10(18-9)11(14)15/h6-7H,4-5,8H2,1-3H3,(H,14,15). The Labute approximate surface area is 111 Å². The molecule has 0 amide bonds. The number of methoxy groups -OCH3 is 1. The largest absolute Gasteiger partial charge is 0.477 e. The minimum Gasteiger partial charge on any atom is -0.477 e. The molecule has 0 spiro atoms. The number of esters is 1. The third-order valence-corrected chi connectivity index (χ3v) is 4.43. The molecule has 1 aromatic heterocycles. The van der Waals surface area contributed by atoms with Crippen LogP contribution in [0.15, 0.2) is 12.1 Å². The molecule has 18 heavy (non-hydrogen) atoms. The van der Waals surface area contributed by atoms with E-state index in [2.05, 4.69) is 0 Å². The van der Waals surface area contributed by atoms with Crippen molar-refractivity contribution >= 4 is 23.3 Å². The fourth-order valence-corrected chi connectivity index (χ4v) is 2.99. The second-order valence-electron chi connectivity index (χ2n) is 4.23. The Morgan fingerprint density at radius 1 is 1.33 bits per heavy atom. The first-order valence-corrected chi connectivity index (χ1v) is 6.71. The highest BCUT2D eigenvalue weighted by molar-refractivity contribution is 7.13. The van der Waals surface area contributed by atoms with Crippen LogP contribution in [-0.2, 0) is 16.0 Å². The number of carboxylic acids is 1. The van der Waals surface area contributed by atoms with E-state index in [1.165, 1.54) is 18.4 Å². The Hall–Kier alpha value is -1.36. The van der Waals surface area contributed by atoms with Gasteiger partial charge >= 0.3 is 11.9 Å². The van der Waals surface area contributed by atoms with Crippen LogP contribution in [0.5, 0.6) is 0 Å². The van der Waals surface area contributed by atoms with Crippen molar-refractivity contribution in [2.45, 2.75) is 33.1 Å².